The van der Waals surface area contributed by atoms with Crippen LogP contribution >= 0.6 is 11.6 Å². The van der Waals surface area contributed by atoms with Gasteiger partial charge in [0.1, 0.15) is 6.33 Å². The van der Waals surface area contributed by atoms with Crippen molar-refractivity contribution >= 4 is 29.0 Å². The van der Waals surface area contributed by atoms with Crippen LogP contribution in [0.5, 0.6) is 0 Å². The molecule has 0 aliphatic carbocycles. The second-order valence-corrected chi connectivity index (χ2v) is 5.09. The maximum absolute atomic E-state index is 12.4. The Hall–Kier alpha value is -2.47. The summed E-state index contributed by atoms with van der Waals surface area (Å²) in [5, 5.41) is 7.39. The van der Waals surface area contributed by atoms with Crippen LogP contribution < -0.4 is 5.32 Å². The van der Waals surface area contributed by atoms with Crippen molar-refractivity contribution in [1.82, 2.24) is 19.6 Å². The van der Waals surface area contributed by atoms with Crippen molar-refractivity contribution in [3.63, 3.8) is 0 Å². The van der Waals surface area contributed by atoms with Gasteiger partial charge in [-0.3, -0.25) is 4.79 Å². The molecule has 3 rings (SSSR count). The summed E-state index contributed by atoms with van der Waals surface area (Å²) in [6.07, 6.45) is 3.00. The lowest BCUT2D eigenvalue weighted by Gasteiger charge is -2.10. The molecule has 0 saturated carbocycles. The quantitative estimate of drug-likeness (QED) is 0.790. The van der Waals surface area contributed by atoms with Crippen molar-refractivity contribution in [3.05, 3.63) is 52.6 Å². The summed E-state index contributed by atoms with van der Waals surface area (Å²) in [6.45, 7) is 3.66. The third-order valence-electron chi connectivity index (χ3n) is 3.16. The highest BCUT2D eigenvalue weighted by molar-refractivity contribution is 6.31. The Morgan fingerprint density at radius 2 is 2.14 bits per heavy atom. The Bertz CT molecular complexity index is 842. The molecule has 2 heterocycles. The highest BCUT2D eigenvalue weighted by Gasteiger charge is 2.14. The van der Waals surface area contributed by atoms with Gasteiger partial charge in [-0.1, -0.05) is 17.7 Å². The topological polar surface area (TPSA) is 72.2 Å². The molecule has 0 aliphatic rings. The normalized spacial score (nSPS) is 10.8. The third kappa shape index (κ3) is 2.57. The van der Waals surface area contributed by atoms with E-state index in [0.717, 1.165) is 5.56 Å². The molecule has 0 atom stereocenters. The first-order chi connectivity index (χ1) is 10.0. The van der Waals surface area contributed by atoms with E-state index in [1.807, 2.05) is 13.0 Å². The molecule has 21 heavy (non-hydrogen) atoms. The molecule has 0 spiro atoms. The summed E-state index contributed by atoms with van der Waals surface area (Å²) >= 11 is 5.95. The Morgan fingerprint density at radius 1 is 1.33 bits per heavy atom. The van der Waals surface area contributed by atoms with E-state index in [0.29, 0.717) is 27.7 Å². The molecular weight excluding hydrogens is 290 g/mol. The fraction of sp³-hybridized carbons (Fsp3) is 0.143. The van der Waals surface area contributed by atoms with E-state index in [1.54, 1.807) is 25.3 Å². The molecule has 0 aliphatic heterocycles. The standard InChI is InChI=1S/C14H12ClN5O/c1-8-3-4-10(15)5-12(8)19-13(21)11-6-20-14(16-7-17-20)18-9(11)2/h3-7H,1-2H3,(H,19,21). The molecule has 1 N–H and O–H groups in total. The van der Waals surface area contributed by atoms with Crippen molar-refractivity contribution in [2.24, 2.45) is 0 Å². The number of anilines is 1. The van der Waals surface area contributed by atoms with Crippen LogP contribution in [0.15, 0.2) is 30.7 Å². The minimum Gasteiger partial charge on any atom is -0.322 e. The number of halogens is 1. The van der Waals surface area contributed by atoms with E-state index >= 15 is 0 Å². The molecule has 0 unspecified atom stereocenters. The summed E-state index contributed by atoms with van der Waals surface area (Å²) in [5.74, 6) is 0.200. The van der Waals surface area contributed by atoms with Gasteiger partial charge in [0.25, 0.3) is 11.7 Å². The van der Waals surface area contributed by atoms with E-state index in [2.05, 4.69) is 20.4 Å². The van der Waals surface area contributed by atoms with Gasteiger partial charge in [-0.2, -0.15) is 10.1 Å². The monoisotopic (exact) mass is 301 g/mol. The number of carbonyl (C=O) groups excluding carboxylic acids is 1. The zero-order valence-corrected chi connectivity index (χ0v) is 12.2. The number of amides is 1. The van der Waals surface area contributed by atoms with Crippen LogP contribution in [0.25, 0.3) is 5.78 Å². The SMILES string of the molecule is Cc1ccc(Cl)cc1NC(=O)c1cn2ncnc2nc1C. The maximum Gasteiger partial charge on any atom is 0.259 e. The van der Waals surface area contributed by atoms with Gasteiger partial charge >= 0.3 is 0 Å². The van der Waals surface area contributed by atoms with Crippen LogP contribution in [0.3, 0.4) is 0 Å². The van der Waals surface area contributed by atoms with Crippen LogP contribution in [0, 0.1) is 13.8 Å². The first kappa shape index (κ1) is 13.5. The Labute approximate surface area is 125 Å². The van der Waals surface area contributed by atoms with Gasteiger partial charge in [-0.15, -0.1) is 0 Å². The van der Waals surface area contributed by atoms with Gasteiger partial charge in [-0.05, 0) is 31.5 Å². The van der Waals surface area contributed by atoms with Crippen molar-refractivity contribution in [1.29, 1.82) is 0 Å². The lowest BCUT2D eigenvalue weighted by Crippen LogP contribution is -2.16. The van der Waals surface area contributed by atoms with E-state index in [9.17, 15) is 4.79 Å². The smallest absolute Gasteiger partial charge is 0.259 e. The Balaban J connectivity index is 1.96. The van der Waals surface area contributed by atoms with Crippen molar-refractivity contribution < 1.29 is 4.79 Å². The van der Waals surface area contributed by atoms with Crippen LogP contribution in [0.2, 0.25) is 5.02 Å². The van der Waals surface area contributed by atoms with Gasteiger partial charge in [0.15, 0.2) is 0 Å². The molecule has 2 aromatic heterocycles. The highest BCUT2D eigenvalue weighted by Crippen LogP contribution is 2.21. The fourth-order valence-electron chi connectivity index (χ4n) is 1.98. The van der Waals surface area contributed by atoms with Crippen LogP contribution in [-0.4, -0.2) is 25.5 Å². The van der Waals surface area contributed by atoms with Gasteiger partial charge in [0.2, 0.25) is 0 Å². The average Bonchev–Trinajstić information content (AvgIpc) is 2.89. The number of benzene rings is 1. The van der Waals surface area contributed by atoms with Crippen molar-refractivity contribution in [3.8, 4) is 0 Å². The largest absolute Gasteiger partial charge is 0.322 e. The van der Waals surface area contributed by atoms with Crippen LogP contribution in [0.4, 0.5) is 5.69 Å². The van der Waals surface area contributed by atoms with Gasteiger partial charge in [0.05, 0.1) is 11.3 Å². The number of fused-ring (bicyclic) bond motifs is 1. The molecule has 0 fully saturated rings. The molecule has 6 nitrogen and oxygen atoms in total. The number of hydrogen-bond acceptors (Lipinski definition) is 4. The minimum atomic E-state index is -0.261. The number of aromatic nitrogens is 4. The number of nitrogens with one attached hydrogen (secondary N) is 1. The molecule has 3 aromatic rings. The highest BCUT2D eigenvalue weighted by atomic mass is 35.5. The van der Waals surface area contributed by atoms with Gasteiger partial charge in [0, 0.05) is 16.9 Å². The van der Waals surface area contributed by atoms with Crippen LogP contribution in [-0.2, 0) is 0 Å². The Kier molecular flexibility index (Phi) is 3.31. The maximum atomic E-state index is 12.4. The summed E-state index contributed by atoms with van der Waals surface area (Å²) in [4.78, 5) is 20.6. The summed E-state index contributed by atoms with van der Waals surface area (Å²) < 4.78 is 1.47. The average molecular weight is 302 g/mol. The Morgan fingerprint density at radius 3 is 2.95 bits per heavy atom. The molecule has 0 bridgehead atoms. The number of carbonyl (C=O) groups is 1. The zero-order valence-electron chi connectivity index (χ0n) is 11.5. The predicted molar refractivity (Wildman–Crippen MR) is 79.7 cm³/mol. The predicted octanol–water partition coefficient (Wildman–Crippen LogP) is 2.65. The minimum absolute atomic E-state index is 0.261. The second kappa shape index (κ2) is 5.14. The molecule has 1 aromatic carbocycles. The molecule has 1 amide bonds. The molecular formula is C14H12ClN5O. The summed E-state index contributed by atoms with van der Waals surface area (Å²) in [5.41, 5.74) is 2.63. The number of rotatable bonds is 2. The molecule has 0 saturated heterocycles. The van der Waals surface area contributed by atoms with E-state index in [1.165, 1.54) is 10.8 Å². The van der Waals surface area contributed by atoms with Crippen molar-refractivity contribution in [2.45, 2.75) is 13.8 Å². The first-order valence-corrected chi connectivity index (χ1v) is 6.67. The number of hydrogen-bond donors (Lipinski definition) is 1. The second-order valence-electron chi connectivity index (χ2n) is 4.66. The first-order valence-electron chi connectivity index (χ1n) is 6.29. The zero-order chi connectivity index (χ0) is 15.0. The lowest BCUT2D eigenvalue weighted by atomic mass is 10.1. The summed E-state index contributed by atoms with van der Waals surface area (Å²) in [6, 6.07) is 5.34. The lowest BCUT2D eigenvalue weighted by molar-refractivity contribution is 0.102. The third-order valence-corrected chi connectivity index (χ3v) is 3.39. The van der Waals surface area contributed by atoms with E-state index in [4.69, 9.17) is 11.6 Å². The van der Waals surface area contributed by atoms with Gasteiger partial charge < -0.3 is 5.32 Å². The number of nitrogens with zero attached hydrogens (tertiary/aromatic N) is 4. The number of aryl methyl sites for hydroxylation is 2. The summed E-state index contributed by atoms with van der Waals surface area (Å²) in [7, 11) is 0. The van der Waals surface area contributed by atoms with E-state index < -0.39 is 0 Å². The molecule has 7 heteroatoms. The molecule has 0 radical (unpaired) electrons. The van der Waals surface area contributed by atoms with Gasteiger partial charge in [-0.25, -0.2) is 9.50 Å². The van der Waals surface area contributed by atoms with Crippen LogP contribution in [0.1, 0.15) is 21.6 Å². The fourth-order valence-corrected chi connectivity index (χ4v) is 2.15. The van der Waals surface area contributed by atoms with Crippen molar-refractivity contribution in [2.75, 3.05) is 5.32 Å². The van der Waals surface area contributed by atoms with E-state index in [-0.39, 0.29) is 5.91 Å². The molecule has 106 valence electrons.